The van der Waals surface area contributed by atoms with Gasteiger partial charge >= 0.3 is 0 Å². The van der Waals surface area contributed by atoms with Gasteiger partial charge in [0, 0.05) is 29.6 Å². The Bertz CT molecular complexity index is 909. The van der Waals surface area contributed by atoms with E-state index in [4.69, 9.17) is 5.73 Å². The van der Waals surface area contributed by atoms with Crippen LogP contribution in [0.3, 0.4) is 0 Å². The highest BCUT2D eigenvalue weighted by Crippen LogP contribution is 2.35. The number of anilines is 1. The van der Waals surface area contributed by atoms with Crippen LogP contribution >= 0.6 is 0 Å². The predicted octanol–water partition coefficient (Wildman–Crippen LogP) is 3.14. The molecule has 0 saturated heterocycles. The third-order valence-corrected chi connectivity index (χ3v) is 4.96. The molecule has 0 aliphatic heterocycles. The number of amides is 1. The zero-order valence-electron chi connectivity index (χ0n) is 14.3. The minimum Gasteiger partial charge on any atom is -0.325 e. The molecule has 1 heterocycles. The van der Waals surface area contributed by atoms with Gasteiger partial charge in [0.15, 0.2) is 0 Å². The molecule has 0 fully saturated rings. The Morgan fingerprint density at radius 1 is 1.04 bits per heavy atom. The van der Waals surface area contributed by atoms with Crippen LogP contribution < -0.4 is 11.1 Å². The van der Waals surface area contributed by atoms with Crippen molar-refractivity contribution in [3.05, 3.63) is 78.4 Å². The Morgan fingerprint density at radius 2 is 1.77 bits per heavy atom. The summed E-state index contributed by atoms with van der Waals surface area (Å²) in [6, 6.07) is 15.3. The average molecular weight is 344 g/mol. The van der Waals surface area contributed by atoms with E-state index < -0.39 is 6.04 Å². The van der Waals surface area contributed by atoms with E-state index >= 15 is 0 Å². The highest BCUT2D eigenvalue weighted by Gasteiger charge is 2.31. The van der Waals surface area contributed by atoms with Crippen LogP contribution in [-0.4, -0.2) is 21.9 Å². The fourth-order valence-electron chi connectivity index (χ4n) is 3.57. The zero-order chi connectivity index (χ0) is 17.9. The lowest BCUT2D eigenvalue weighted by Crippen LogP contribution is -2.40. The zero-order valence-corrected chi connectivity index (χ0v) is 14.3. The molecule has 1 aliphatic rings. The van der Waals surface area contributed by atoms with Crippen molar-refractivity contribution >= 4 is 11.6 Å². The molecule has 0 radical (unpaired) electrons. The third-order valence-electron chi connectivity index (χ3n) is 4.96. The van der Waals surface area contributed by atoms with Crippen molar-refractivity contribution in [2.24, 2.45) is 5.73 Å². The molecular weight excluding hydrogens is 324 g/mol. The molecule has 2 aromatic carbocycles. The molecular formula is C21H20N4O. The van der Waals surface area contributed by atoms with E-state index in [2.05, 4.69) is 27.4 Å². The second kappa shape index (κ2) is 7.06. The molecule has 2 atom stereocenters. The number of carbonyl (C=O) groups excluding carboxylic acids is 1. The first-order valence-corrected chi connectivity index (χ1v) is 8.72. The molecule has 3 aromatic rings. The van der Waals surface area contributed by atoms with E-state index in [1.165, 1.54) is 17.5 Å². The van der Waals surface area contributed by atoms with Crippen molar-refractivity contribution in [1.82, 2.24) is 9.97 Å². The Balaban J connectivity index is 1.45. The fraction of sp³-hybridized carbons (Fsp3) is 0.190. The van der Waals surface area contributed by atoms with Crippen molar-refractivity contribution in [1.29, 1.82) is 0 Å². The summed E-state index contributed by atoms with van der Waals surface area (Å²) in [5, 5.41) is 2.93. The molecule has 5 nitrogen and oxygen atoms in total. The molecule has 1 aliphatic carbocycles. The number of aryl methyl sites for hydroxylation is 1. The lowest BCUT2D eigenvalue weighted by Gasteiger charge is -2.20. The van der Waals surface area contributed by atoms with Crippen molar-refractivity contribution in [2.45, 2.75) is 24.8 Å². The summed E-state index contributed by atoms with van der Waals surface area (Å²) in [6.45, 7) is 0. The molecule has 0 saturated carbocycles. The first-order valence-electron chi connectivity index (χ1n) is 8.72. The Hall–Kier alpha value is -3.05. The number of nitrogens with one attached hydrogen (secondary N) is 1. The standard InChI is InChI=1S/C21H20N4O/c22-20(19-10-7-15-3-1-2-4-18(15)19)21(26)25-17-8-5-14(6-9-17)16-11-23-13-24-12-16/h1-6,8-9,11-13,19-20H,7,10,22H2,(H,25,26). The van der Waals surface area contributed by atoms with Crippen LogP contribution in [0.4, 0.5) is 5.69 Å². The number of fused-ring (bicyclic) bond motifs is 1. The maximum atomic E-state index is 12.6. The lowest BCUT2D eigenvalue weighted by molar-refractivity contribution is -0.117. The van der Waals surface area contributed by atoms with Crippen LogP contribution in [-0.2, 0) is 11.2 Å². The maximum Gasteiger partial charge on any atom is 0.241 e. The Kier molecular flexibility index (Phi) is 4.46. The van der Waals surface area contributed by atoms with E-state index in [1.54, 1.807) is 12.4 Å². The summed E-state index contributed by atoms with van der Waals surface area (Å²) >= 11 is 0. The summed E-state index contributed by atoms with van der Waals surface area (Å²) < 4.78 is 0. The molecule has 26 heavy (non-hydrogen) atoms. The van der Waals surface area contributed by atoms with Crippen LogP contribution in [0, 0.1) is 0 Å². The van der Waals surface area contributed by atoms with Crippen LogP contribution in [0.1, 0.15) is 23.5 Å². The minimum absolute atomic E-state index is 0.0759. The van der Waals surface area contributed by atoms with E-state index in [-0.39, 0.29) is 11.8 Å². The SMILES string of the molecule is NC(C(=O)Nc1ccc(-c2cncnc2)cc1)C1CCc2ccccc21. The summed E-state index contributed by atoms with van der Waals surface area (Å²) in [5.41, 5.74) is 11.4. The topological polar surface area (TPSA) is 80.9 Å². The van der Waals surface area contributed by atoms with Gasteiger partial charge in [-0.3, -0.25) is 4.79 Å². The van der Waals surface area contributed by atoms with Crippen molar-refractivity contribution in [2.75, 3.05) is 5.32 Å². The number of hydrogen-bond donors (Lipinski definition) is 2. The molecule has 2 unspecified atom stereocenters. The predicted molar refractivity (Wildman–Crippen MR) is 102 cm³/mol. The number of nitrogens with two attached hydrogens (primary N) is 1. The molecule has 3 N–H and O–H groups in total. The Labute approximate surface area is 152 Å². The van der Waals surface area contributed by atoms with Gasteiger partial charge in [0.25, 0.3) is 0 Å². The van der Waals surface area contributed by atoms with Gasteiger partial charge in [0.05, 0.1) is 6.04 Å². The first kappa shape index (κ1) is 16.4. The third kappa shape index (κ3) is 3.21. The summed E-state index contributed by atoms with van der Waals surface area (Å²) in [6.07, 6.45) is 6.92. The second-order valence-corrected chi connectivity index (χ2v) is 6.56. The molecule has 0 spiro atoms. The van der Waals surface area contributed by atoms with Gasteiger partial charge in [0.2, 0.25) is 5.91 Å². The van der Waals surface area contributed by atoms with Crippen LogP contribution in [0.2, 0.25) is 0 Å². The van der Waals surface area contributed by atoms with Gasteiger partial charge in [-0.25, -0.2) is 9.97 Å². The van der Waals surface area contributed by atoms with E-state index in [0.717, 1.165) is 29.7 Å². The number of nitrogens with zero attached hydrogens (tertiary/aromatic N) is 2. The largest absolute Gasteiger partial charge is 0.325 e. The van der Waals surface area contributed by atoms with Gasteiger partial charge in [-0.05, 0) is 41.7 Å². The van der Waals surface area contributed by atoms with Crippen LogP contribution in [0.5, 0.6) is 0 Å². The molecule has 0 bridgehead atoms. The molecule has 4 rings (SSSR count). The summed E-state index contributed by atoms with van der Waals surface area (Å²) in [7, 11) is 0. The maximum absolute atomic E-state index is 12.6. The smallest absolute Gasteiger partial charge is 0.241 e. The Morgan fingerprint density at radius 3 is 2.54 bits per heavy atom. The average Bonchev–Trinajstić information content (AvgIpc) is 3.13. The molecule has 5 heteroatoms. The van der Waals surface area contributed by atoms with Crippen LogP contribution in [0.25, 0.3) is 11.1 Å². The van der Waals surface area contributed by atoms with E-state index in [0.29, 0.717) is 0 Å². The molecule has 1 amide bonds. The summed E-state index contributed by atoms with van der Waals surface area (Å²) in [4.78, 5) is 20.6. The molecule has 1 aromatic heterocycles. The minimum atomic E-state index is -0.555. The summed E-state index contributed by atoms with van der Waals surface area (Å²) in [5.74, 6) is -0.0746. The van der Waals surface area contributed by atoms with Crippen molar-refractivity contribution in [3.63, 3.8) is 0 Å². The van der Waals surface area contributed by atoms with Gasteiger partial charge < -0.3 is 11.1 Å². The normalized spacial score (nSPS) is 16.7. The first-order chi connectivity index (χ1) is 12.7. The number of hydrogen-bond acceptors (Lipinski definition) is 4. The van der Waals surface area contributed by atoms with Crippen LogP contribution in [0.15, 0.2) is 67.3 Å². The monoisotopic (exact) mass is 344 g/mol. The highest BCUT2D eigenvalue weighted by atomic mass is 16.2. The number of benzene rings is 2. The highest BCUT2D eigenvalue weighted by molar-refractivity contribution is 5.95. The van der Waals surface area contributed by atoms with Gasteiger partial charge in [0.1, 0.15) is 6.33 Å². The second-order valence-electron chi connectivity index (χ2n) is 6.56. The van der Waals surface area contributed by atoms with Crippen molar-refractivity contribution in [3.8, 4) is 11.1 Å². The quantitative estimate of drug-likeness (QED) is 0.762. The fourth-order valence-corrected chi connectivity index (χ4v) is 3.57. The molecule has 130 valence electrons. The number of carbonyl (C=O) groups is 1. The van der Waals surface area contributed by atoms with Gasteiger partial charge in [-0.2, -0.15) is 0 Å². The lowest BCUT2D eigenvalue weighted by atomic mass is 9.93. The number of aromatic nitrogens is 2. The van der Waals surface area contributed by atoms with E-state index in [1.807, 2.05) is 36.4 Å². The van der Waals surface area contributed by atoms with Crippen molar-refractivity contribution < 1.29 is 4.79 Å². The van der Waals surface area contributed by atoms with Gasteiger partial charge in [-0.1, -0.05) is 36.4 Å². The van der Waals surface area contributed by atoms with E-state index in [9.17, 15) is 4.79 Å². The van der Waals surface area contributed by atoms with Gasteiger partial charge in [-0.15, -0.1) is 0 Å². The number of rotatable bonds is 4.